The maximum Gasteiger partial charge on any atom is 0.339 e. The second-order valence-electron chi connectivity index (χ2n) is 8.87. The Kier molecular flexibility index (Phi) is 7.32. The number of para-hydroxylation sites is 1. The Hall–Kier alpha value is -4.62. The van der Waals surface area contributed by atoms with Crippen LogP contribution in [0.1, 0.15) is 16.1 Å². The molecule has 0 radical (unpaired) electrons. The van der Waals surface area contributed by atoms with E-state index in [1.54, 1.807) is 61.6 Å². The number of carbonyl (C=O) groups is 3. The Morgan fingerprint density at radius 2 is 1.70 bits per heavy atom. The maximum atomic E-state index is 12.8. The van der Waals surface area contributed by atoms with Crippen molar-refractivity contribution in [1.29, 1.82) is 0 Å². The van der Waals surface area contributed by atoms with Crippen molar-refractivity contribution >= 4 is 62.7 Å². The monoisotopic (exact) mass is 651 g/mol. The molecule has 5 rings (SSSR count). The summed E-state index contributed by atoms with van der Waals surface area (Å²) in [7, 11) is 1.79. The van der Waals surface area contributed by atoms with Gasteiger partial charge in [0.2, 0.25) is 0 Å². The van der Waals surface area contributed by atoms with Gasteiger partial charge >= 0.3 is 17.8 Å². The third-order valence-electron chi connectivity index (χ3n) is 6.34. The van der Waals surface area contributed by atoms with Crippen LogP contribution in [0.4, 0.5) is 11.4 Å². The van der Waals surface area contributed by atoms with E-state index in [-0.39, 0.29) is 17.9 Å². The fraction of sp³-hybridized carbons (Fsp3) is 0.0690. The van der Waals surface area contributed by atoms with Crippen LogP contribution in [0.2, 0.25) is 0 Å². The molecule has 0 spiro atoms. The lowest BCUT2D eigenvalue weighted by Gasteiger charge is -2.11. The Morgan fingerprint density at radius 3 is 2.42 bits per heavy atom. The summed E-state index contributed by atoms with van der Waals surface area (Å²) in [5.74, 6) is -2.54. The lowest BCUT2D eigenvalue weighted by Crippen LogP contribution is -2.29. The summed E-state index contributed by atoms with van der Waals surface area (Å²) in [6.07, 6.45) is 0. The van der Waals surface area contributed by atoms with Gasteiger partial charge in [0.15, 0.2) is 0 Å². The van der Waals surface area contributed by atoms with Crippen molar-refractivity contribution in [1.82, 2.24) is 4.57 Å². The minimum absolute atomic E-state index is 0.197. The van der Waals surface area contributed by atoms with Crippen LogP contribution in [-0.2, 0) is 23.2 Å². The predicted octanol–water partition coefficient (Wildman–Crippen LogP) is 5.18. The van der Waals surface area contributed by atoms with Gasteiger partial charge in [0.25, 0.3) is 0 Å². The van der Waals surface area contributed by atoms with Crippen molar-refractivity contribution in [2.75, 3.05) is 10.6 Å². The molecule has 40 heavy (non-hydrogen) atoms. The molecule has 0 aliphatic heterocycles. The van der Waals surface area contributed by atoms with Crippen LogP contribution in [0.5, 0.6) is 5.75 Å². The SMILES string of the molecule is Cn1c(-c2cccc(NC(=O)C(=O)Nc3ccccc3-c3ccc(CO)o3)c2)c(I)c2cc(C(=O)O)c(O)cc21. The zero-order valence-electron chi connectivity index (χ0n) is 20.9. The molecule has 11 heteroatoms. The average molecular weight is 651 g/mol. The fourth-order valence-electron chi connectivity index (χ4n) is 4.44. The number of aliphatic hydroxyl groups is 1. The number of carboxylic acid groups (broad SMARTS) is 1. The average Bonchev–Trinajstić information content (AvgIpc) is 3.51. The number of aromatic nitrogens is 1. The molecule has 10 nitrogen and oxygen atoms in total. The van der Waals surface area contributed by atoms with E-state index in [0.717, 1.165) is 9.26 Å². The summed E-state index contributed by atoms with van der Waals surface area (Å²) in [5.41, 5.74) is 3.18. The van der Waals surface area contributed by atoms with E-state index >= 15 is 0 Å². The molecule has 5 N–H and O–H groups in total. The predicted molar refractivity (Wildman–Crippen MR) is 157 cm³/mol. The van der Waals surface area contributed by atoms with Crippen molar-refractivity contribution in [2.45, 2.75) is 6.61 Å². The number of amides is 2. The number of furan rings is 1. The van der Waals surface area contributed by atoms with E-state index in [1.165, 1.54) is 12.1 Å². The van der Waals surface area contributed by atoms with Crippen molar-refractivity contribution < 1.29 is 34.1 Å². The number of nitrogens with zero attached hydrogens (tertiary/aromatic N) is 1. The molecule has 202 valence electrons. The number of rotatable bonds is 6. The molecular formula is C29H22IN3O7. The standard InChI is InChI=1S/C29H22IN3O7/c1-33-22-13-23(35)20(29(38)39)12-19(22)25(30)26(33)15-5-4-6-16(11-15)31-27(36)28(37)32-21-8-3-2-7-18(21)24-10-9-17(14-34)40-24/h2-13,34-35H,14H2,1H3,(H,31,36)(H,32,37)(H,38,39). The number of carboxylic acids is 1. The van der Waals surface area contributed by atoms with Gasteiger partial charge in [-0.2, -0.15) is 0 Å². The fourth-order valence-corrected chi connectivity index (χ4v) is 5.55. The van der Waals surface area contributed by atoms with Gasteiger partial charge in [-0.15, -0.1) is 0 Å². The normalized spacial score (nSPS) is 11.0. The Balaban J connectivity index is 1.39. The smallest absolute Gasteiger partial charge is 0.339 e. The van der Waals surface area contributed by atoms with Gasteiger partial charge in [0.1, 0.15) is 29.4 Å². The molecule has 0 atom stereocenters. The summed E-state index contributed by atoms with van der Waals surface area (Å²) in [4.78, 5) is 37.1. The van der Waals surface area contributed by atoms with Gasteiger partial charge in [-0.25, -0.2) is 4.79 Å². The Labute approximate surface area is 241 Å². The number of carbonyl (C=O) groups excluding carboxylic acids is 2. The number of aromatic carboxylic acids is 1. The molecule has 0 aliphatic rings. The summed E-state index contributed by atoms with van der Waals surface area (Å²) in [5, 5.41) is 34.7. The first kappa shape index (κ1) is 27.0. The van der Waals surface area contributed by atoms with Crippen LogP contribution in [-0.4, -0.2) is 37.7 Å². The molecule has 2 amide bonds. The molecule has 0 saturated heterocycles. The molecule has 0 unspecified atom stereocenters. The topological polar surface area (TPSA) is 154 Å². The minimum Gasteiger partial charge on any atom is -0.507 e. The highest BCUT2D eigenvalue weighted by Crippen LogP contribution is 2.38. The highest BCUT2D eigenvalue weighted by atomic mass is 127. The van der Waals surface area contributed by atoms with E-state index in [0.29, 0.717) is 44.9 Å². The van der Waals surface area contributed by atoms with E-state index in [9.17, 15) is 29.7 Å². The van der Waals surface area contributed by atoms with E-state index in [2.05, 4.69) is 33.2 Å². The Bertz CT molecular complexity index is 1800. The highest BCUT2D eigenvalue weighted by molar-refractivity contribution is 14.1. The number of fused-ring (bicyclic) bond motifs is 1. The van der Waals surface area contributed by atoms with Crippen molar-refractivity contribution in [3.05, 3.63) is 87.7 Å². The number of halogens is 1. The van der Waals surface area contributed by atoms with Crippen molar-refractivity contribution in [2.24, 2.45) is 7.05 Å². The maximum absolute atomic E-state index is 12.8. The summed E-state index contributed by atoms with van der Waals surface area (Å²) in [6.45, 7) is -0.264. The number of hydrogen-bond acceptors (Lipinski definition) is 6. The van der Waals surface area contributed by atoms with Gasteiger partial charge in [0.05, 0.1) is 16.9 Å². The number of phenols is 1. The zero-order valence-corrected chi connectivity index (χ0v) is 23.1. The minimum atomic E-state index is -1.23. The second-order valence-corrected chi connectivity index (χ2v) is 9.95. The van der Waals surface area contributed by atoms with Crippen LogP contribution in [0.15, 0.2) is 77.2 Å². The third-order valence-corrected chi connectivity index (χ3v) is 7.44. The van der Waals surface area contributed by atoms with Crippen molar-refractivity contribution in [3.8, 4) is 28.3 Å². The zero-order chi connectivity index (χ0) is 28.6. The lowest BCUT2D eigenvalue weighted by molar-refractivity contribution is -0.132. The molecule has 2 heterocycles. The number of aryl methyl sites for hydroxylation is 1. The number of aliphatic hydroxyl groups excluding tert-OH is 1. The van der Waals surface area contributed by atoms with Crippen LogP contribution in [0.3, 0.4) is 0 Å². The highest BCUT2D eigenvalue weighted by Gasteiger charge is 2.21. The van der Waals surface area contributed by atoms with Crippen LogP contribution >= 0.6 is 22.6 Å². The first-order valence-corrected chi connectivity index (χ1v) is 13.0. The van der Waals surface area contributed by atoms with Crippen LogP contribution in [0, 0.1) is 3.57 Å². The quantitative estimate of drug-likeness (QED) is 0.125. The first-order chi connectivity index (χ1) is 19.2. The van der Waals surface area contributed by atoms with E-state index in [1.807, 2.05) is 10.6 Å². The summed E-state index contributed by atoms with van der Waals surface area (Å²) < 4.78 is 8.16. The van der Waals surface area contributed by atoms with Gasteiger partial charge in [-0.05, 0) is 65.1 Å². The van der Waals surface area contributed by atoms with Gasteiger partial charge in [-0.1, -0.05) is 24.3 Å². The van der Waals surface area contributed by atoms with Gasteiger partial charge in [0, 0.05) is 38.9 Å². The molecule has 3 aromatic carbocycles. The van der Waals surface area contributed by atoms with E-state index < -0.39 is 17.8 Å². The lowest BCUT2D eigenvalue weighted by atomic mass is 10.1. The number of benzene rings is 3. The number of nitrogens with one attached hydrogen (secondary N) is 2. The molecule has 0 saturated carbocycles. The second kappa shape index (κ2) is 10.9. The molecule has 2 aromatic heterocycles. The molecule has 0 bridgehead atoms. The molecule has 5 aromatic rings. The molecular weight excluding hydrogens is 629 g/mol. The van der Waals surface area contributed by atoms with Gasteiger partial charge < -0.3 is 34.9 Å². The molecule has 0 aliphatic carbocycles. The Morgan fingerprint density at radius 1 is 0.950 bits per heavy atom. The van der Waals surface area contributed by atoms with Gasteiger partial charge in [-0.3, -0.25) is 9.59 Å². The van der Waals surface area contributed by atoms with Crippen LogP contribution in [0.25, 0.3) is 33.5 Å². The summed E-state index contributed by atoms with van der Waals surface area (Å²) >= 11 is 2.12. The number of hydrogen-bond donors (Lipinski definition) is 5. The van der Waals surface area contributed by atoms with Crippen molar-refractivity contribution in [3.63, 3.8) is 0 Å². The first-order valence-electron chi connectivity index (χ1n) is 11.9. The summed E-state index contributed by atoms with van der Waals surface area (Å²) in [6, 6.07) is 19.9. The number of aromatic hydroxyl groups is 1. The largest absolute Gasteiger partial charge is 0.507 e. The molecule has 0 fully saturated rings. The van der Waals surface area contributed by atoms with E-state index in [4.69, 9.17) is 4.42 Å². The number of anilines is 2. The third kappa shape index (κ3) is 5.03. The van der Waals surface area contributed by atoms with Crippen LogP contribution < -0.4 is 10.6 Å².